The Kier molecular flexibility index (Phi) is 6.32. The molecule has 1 saturated carbocycles. The van der Waals surface area contributed by atoms with Crippen molar-refractivity contribution in [1.82, 2.24) is 10.2 Å². The number of guanidine groups is 1. The maximum Gasteiger partial charge on any atom is 0.330 e. The Morgan fingerprint density at radius 3 is 2.55 bits per heavy atom. The minimum absolute atomic E-state index is 0.0107. The van der Waals surface area contributed by atoms with Gasteiger partial charge in [-0.3, -0.25) is 9.80 Å². The molecule has 1 heterocycles. The van der Waals surface area contributed by atoms with Crippen molar-refractivity contribution in [2.24, 2.45) is 15.7 Å². The van der Waals surface area contributed by atoms with Crippen LogP contribution in [0, 0.1) is 12.7 Å². The van der Waals surface area contributed by atoms with Gasteiger partial charge < -0.3 is 11.1 Å². The lowest BCUT2D eigenvalue weighted by atomic mass is 9.90. The summed E-state index contributed by atoms with van der Waals surface area (Å²) in [5.74, 6) is 0.0962. The highest BCUT2D eigenvalue weighted by Crippen LogP contribution is 2.35. The zero-order valence-corrected chi connectivity index (χ0v) is 17.3. The third-order valence-electron chi connectivity index (χ3n) is 5.75. The number of carbonyl (C=O) groups excluding carboxylic acids is 1. The van der Waals surface area contributed by atoms with Crippen molar-refractivity contribution in [3.63, 3.8) is 0 Å². The summed E-state index contributed by atoms with van der Waals surface area (Å²) in [5.41, 5.74) is 7.66. The summed E-state index contributed by atoms with van der Waals surface area (Å²) in [6.07, 6.45) is 3.56. The van der Waals surface area contributed by atoms with Gasteiger partial charge in [-0.05, 0) is 70.5 Å². The van der Waals surface area contributed by atoms with Crippen molar-refractivity contribution in [3.05, 3.63) is 41.0 Å². The lowest BCUT2D eigenvalue weighted by molar-refractivity contribution is 0.171. The van der Waals surface area contributed by atoms with Gasteiger partial charge in [-0.2, -0.15) is 4.99 Å². The molecule has 0 radical (unpaired) electrons. The second kappa shape index (κ2) is 8.73. The summed E-state index contributed by atoms with van der Waals surface area (Å²) in [6, 6.07) is 4.95. The van der Waals surface area contributed by atoms with Gasteiger partial charge in [0.05, 0.1) is 12.2 Å². The molecule has 1 aliphatic heterocycles. The monoisotopic (exact) mass is 400 g/mol. The number of amides is 2. The normalized spacial score (nSPS) is 23.6. The molecule has 1 aliphatic carbocycles. The minimum atomic E-state index is -0.413. The second-order valence-electron chi connectivity index (χ2n) is 7.67. The smallest absolute Gasteiger partial charge is 0.330 e. The standard InChI is InChI=1S/C21H29FN6O/c1-13-6-5-7-17(22)18(13)27-12-14(2)19(26-20(23)25-4)28(21(27)29)16-10-8-15(24-3)9-11-16/h5-7,15-16,24H,4,8-12H2,1-3H3,(H2,23,26). The number of urea groups is 1. The van der Waals surface area contributed by atoms with Gasteiger partial charge in [0.2, 0.25) is 5.96 Å². The number of para-hydroxylation sites is 1. The first-order valence-corrected chi connectivity index (χ1v) is 9.91. The van der Waals surface area contributed by atoms with Crippen LogP contribution in [0.15, 0.2) is 39.6 Å². The number of rotatable bonds is 4. The van der Waals surface area contributed by atoms with Crippen molar-refractivity contribution in [1.29, 1.82) is 0 Å². The predicted molar refractivity (Wildman–Crippen MR) is 115 cm³/mol. The van der Waals surface area contributed by atoms with E-state index in [0.717, 1.165) is 31.3 Å². The molecule has 0 saturated heterocycles. The zero-order valence-electron chi connectivity index (χ0n) is 17.3. The molecule has 1 aromatic rings. The molecule has 8 heteroatoms. The SMILES string of the molecule is C=NC(N)=NC1=C(C)CN(c2c(C)cccc2F)C(=O)N1C1CCC(NC)CC1. The van der Waals surface area contributed by atoms with Crippen LogP contribution >= 0.6 is 0 Å². The molecule has 29 heavy (non-hydrogen) atoms. The van der Waals surface area contributed by atoms with Crippen LogP contribution in [-0.2, 0) is 0 Å². The van der Waals surface area contributed by atoms with Gasteiger partial charge in [-0.25, -0.2) is 14.2 Å². The lowest BCUT2D eigenvalue weighted by Crippen LogP contribution is -2.54. The van der Waals surface area contributed by atoms with Crippen LogP contribution in [0.1, 0.15) is 38.2 Å². The van der Waals surface area contributed by atoms with Crippen LogP contribution in [0.5, 0.6) is 0 Å². The minimum Gasteiger partial charge on any atom is -0.368 e. The van der Waals surface area contributed by atoms with E-state index in [1.54, 1.807) is 24.0 Å². The average Bonchev–Trinajstić information content (AvgIpc) is 2.71. The number of halogens is 1. The first kappa shape index (κ1) is 21.0. The molecular weight excluding hydrogens is 371 g/mol. The third kappa shape index (κ3) is 4.17. The van der Waals surface area contributed by atoms with E-state index in [1.807, 2.05) is 14.0 Å². The first-order chi connectivity index (χ1) is 13.9. The van der Waals surface area contributed by atoms with Gasteiger partial charge in [0.25, 0.3) is 0 Å². The fraction of sp³-hybridized carbons (Fsp3) is 0.476. The Hall–Kier alpha value is -2.74. The lowest BCUT2D eigenvalue weighted by Gasteiger charge is -2.43. The van der Waals surface area contributed by atoms with E-state index >= 15 is 0 Å². The summed E-state index contributed by atoms with van der Waals surface area (Å²) in [7, 11) is 1.95. The van der Waals surface area contributed by atoms with E-state index in [0.29, 0.717) is 23.1 Å². The van der Waals surface area contributed by atoms with Gasteiger partial charge in [-0.1, -0.05) is 12.1 Å². The highest BCUT2D eigenvalue weighted by atomic mass is 19.1. The summed E-state index contributed by atoms with van der Waals surface area (Å²) in [4.78, 5) is 24.8. The Bertz CT molecular complexity index is 836. The van der Waals surface area contributed by atoms with Gasteiger partial charge in [-0.15, -0.1) is 0 Å². The van der Waals surface area contributed by atoms with Crippen LogP contribution in [0.2, 0.25) is 0 Å². The van der Waals surface area contributed by atoms with E-state index in [4.69, 9.17) is 5.73 Å². The third-order valence-corrected chi connectivity index (χ3v) is 5.75. The fourth-order valence-corrected chi connectivity index (χ4v) is 4.19. The number of aryl methyl sites for hydroxylation is 1. The number of aliphatic imine (C=N–C) groups is 2. The number of hydrogen-bond acceptors (Lipinski definition) is 3. The Morgan fingerprint density at radius 1 is 1.28 bits per heavy atom. The summed E-state index contributed by atoms with van der Waals surface area (Å²) < 4.78 is 14.7. The maximum absolute atomic E-state index is 14.7. The van der Waals surface area contributed by atoms with Crippen molar-refractivity contribution < 1.29 is 9.18 Å². The molecule has 0 atom stereocenters. The number of nitrogens with one attached hydrogen (secondary N) is 1. The second-order valence-corrected chi connectivity index (χ2v) is 7.67. The van der Waals surface area contributed by atoms with E-state index < -0.39 is 5.82 Å². The molecule has 7 nitrogen and oxygen atoms in total. The van der Waals surface area contributed by atoms with Crippen LogP contribution < -0.4 is 16.0 Å². The largest absolute Gasteiger partial charge is 0.368 e. The molecule has 2 aliphatic rings. The summed E-state index contributed by atoms with van der Waals surface area (Å²) in [5, 5.41) is 3.30. The summed E-state index contributed by atoms with van der Waals surface area (Å²) in [6.45, 7) is 7.35. The van der Waals surface area contributed by atoms with Gasteiger partial charge in [0.1, 0.15) is 11.6 Å². The maximum atomic E-state index is 14.7. The summed E-state index contributed by atoms with van der Waals surface area (Å²) >= 11 is 0. The molecule has 0 aromatic heterocycles. The van der Waals surface area contributed by atoms with Crippen LogP contribution in [0.25, 0.3) is 0 Å². The topological polar surface area (TPSA) is 86.3 Å². The number of nitrogens with zero attached hydrogens (tertiary/aromatic N) is 4. The predicted octanol–water partition coefficient (Wildman–Crippen LogP) is 3.15. The molecule has 3 N–H and O–H groups in total. The first-order valence-electron chi connectivity index (χ1n) is 9.91. The zero-order chi connectivity index (χ0) is 21.1. The number of carbonyl (C=O) groups is 1. The van der Waals surface area contributed by atoms with Crippen molar-refractivity contribution in [2.75, 3.05) is 18.5 Å². The number of anilines is 1. The molecule has 2 amide bonds. The van der Waals surface area contributed by atoms with Crippen LogP contribution in [0.4, 0.5) is 14.9 Å². The molecule has 0 spiro atoms. The Balaban J connectivity index is 2.04. The Labute approximate surface area is 171 Å². The molecule has 3 rings (SSSR count). The van der Waals surface area contributed by atoms with Crippen molar-refractivity contribution in [3.8, 4) is 0 Å². The number of hydrogen-bond donors (Lipinski definition) is 2. The van der Waals surface area contributed by atoms with Gasteiger partial charge in [0.15, 0.2) is 0 Å². The highest BCUT2D eigenvalue weighted by molar-refractivity contribution is 5.96. The molecule has 1 aromatic carbocycles. The van der Waals surface area contributed by atoms with E-state index in [1.165, 1.54) is 11.0 Å². The quantitative estimate of drug-likeness (QED) is 0.601. The van der Waals surface area contributed by atoms with Crippen LogP contribution in [0.3, 0.4) is 0 Å². The molecular formula is C21H29FN6O. The number of nitrogens with two attached hydrogens (primary N) is 1. The molecule has 0 bridgehead atoms. The van der Waals surface area contributed by atoms with Crippen LogP contribution in [-0.4, -0.2) is 49.3 Å². The highest BCUT2D eigenvalue weighted by Gasteiger charge is 2.39. The van der Waals surface area contributed by atoms with Gasteiger partial charge in [0, 0.05) is 12.1 Å². The van der Waals surface area contributed by atoms with E-state index in [2.05, 4.69) is 22.0 Å². The van der Waals surface area contributed by atoms with E-state index in [-0.39, 0.29) is 24.6 Å². The van der Waals surface area contributed by atoms with Crippen molar-refractivity contribution >= 4 is 24.4 Å². The Morgan fingerprint density at radius 2 is 1.97 bits per heavy atom. The molecule has 156 valence electrons. The molecule has 1 fully saturated rings. The molecule has 0 unspecified atom stereocenters. The van der Waals surface area contributed by atoms with Crippen molar-refractivity contribution in [2.45, 2.75) is 51.6 Å². The fourth-order valence-electron chi connectivity index (χ4n) is 4.19. The number of benzene rings is 1. The van der Waals surface area contributed by atoms with Gasteiger partial charge >= 0.3 is 6.03 Å². The average molecular weight is 401 g/mol. The van der Waals surface area contributed by atoms with E-state index in [9.17, 15) is 9.18 Å².